The molecule has 2 aliphatic carbocycles. The Labute approximate surface area is 332 Å². The molecule has 1 unspecified atom stereocenters. The van der Waals surface area contributed by atoms with Crippen molar-refractivity contribution in [3.05, 3.63) is 193 Å². The fourth-order valence-electron chi connectivity index (χ4n) is 9.00. The maximum Gasteiger partial charge on any atom is 0.145 e. The van der Waals surface area contributed by atoms with Gasteiger partial charge in [0.25, 0.3) is 0 Å². The lowest BCUT2D eigenvalue weighted by molar-refractivity contribution is 0.727. The number of aromatic nitrogens is 2. The van der Waals surface area contributed by atoms with E-state index >= 15 is 0 Å². The van der Waals surface area contributed by atoms with Crippen LogP contribution in [-0.4, -0.2) is 9.55 Å². The summed E-state index contributed by atoms with van der Waals surface area (Å²) in [5, 5.41) is 7.36. The van der Waals surface area contributed by atoms with Crippen LogP contribution in [0.2, 0.25) is 0 Å². The highest BCUT2D eigenvalue weighted by atomic mass is 15.1. The molecule has 1 heterocycles. The SMILES string of the molecule is CC1C=CC=C(n2c(-c3ccc(C4=Cc5c(c(-c6ccc7ccccc7c6)c6ccccc6c5-c5ccc6ccccc6c5)C#CC4)cc3)nc3ccccc32)C1. The number of nitrogens with zero attached hydrogens (tertiary/aromatic N) is 2. The summed E-state index contributed by atoms with van der Waals surface area (Å²) in [5.74, 6) is 8.85. The molecule has 2 heteroatoms. The molecule has 57 heavy (non-hydrogen) atoms. The number of allylic oxidation sites excluding steroid dienone is 5. The molecule has 1 atom stereocenters. The van der Waals surface area contributed by atoms with Crippen LogP contribution in [0.3, 0.4) is 0 Å². The molecule has 0 bridgehead atoms. The van der Waals surface area contributed by atoms with Crippen LogP contribution in [0.1, 0.15) is 36.5 Å². The van der Waals surface area contributed by atoms with Gasteiger partial charge in [-0.25, -0.2) is 4.98 Å². The van der Waals surface area contributed by atoms with Crippen molar-refractivity contribution in [1.82, 2.24) is 9.55 Å². The zero-order valence-electron chi connectivity index (χ0n) is 31.7. The van der Waals surface area contributed by atoms with Gasteiger partial charge in [0.2, 0.25) is 0 Å². The molecular formula is C55H38N2. The number of hydrogen-bond donors (Lipinski definition) is 0. The first-order valence-electron chi connectivity index (χ1n) is 19.9. The average molecular weight is 727 g/mol. The van der Waals surface area contributed by atoms with Crippen LogP contribution < -0.4 is 0 Å². The summed E-state index contributed by atoms with van der Waals surface area (Å²) in [5.41, 5.74) is 13.9. The second-order valence-corrected chi connectivity index (χ2v) is 15.4. The summed E-state index contributed by atoms with van der Waals surface area (Å²) in [6, 6.07) is 57.3. The third kappa shape index (κ3) is 5.71. The standard InChI is InChI=1S/C55H38N2/c1-36-12-10-18-46(32-36)57-52-23-9-8-22-51(52)56-55(57)40-28-24-39(25-29-40)43-17-11-21-49-50(35-43)54(45-31-27-38-14-3-5-16-42(38)34-45)48-20-7-6-19-47(48)53(49)44-30-26-37-13-2-4-15-41(37)33-44/h2-10,12-16,18-20,22-31,33-36H,17,32H2,1H3. The molecule has 1 aromatic heterocycles. The minimum absolute atomic E-state index is 0.478. The smallest absolute Gasteiger partial charge is 0.145 e. The topological polar surface area (TPSA) is 17.8 Å². The molecule has 0 N–H and O–H groups in total. The number of hydrogen-bond acceptors (Lipinski definition) is 1. The first-order chi connectivity index (χ1) is 28.2. The minimum Gasteiger partial charge on any atom is -0.296 e. The maximum absolute atomic E-state index is 5.18. The number of para-hydroxylation sites is 2. The molecule has 2 aliphatic rings. The van der Waals surface area contributed by atoms with Crippen molar-refractivity contribution in [2.45, 2.75) is 19.8 Å². The highest BCUT2D eigenvalue weighted by molar-refractivity contribution is 6.13. The summed E-state index contributed by atoms with van der Waals surface area (Å²) in [4.78, 5) is 5.18. The predicted molar refractivity (Wildman–Crippen MR) is 242 cm³/mol. The van der Waals surface area contributed by atoms with E-state index < -0.39 is 0 Å². The molecule has 0 saturated heterocycles. The van der Waals surface area contributed by atoms with Crippen LogP contribution in [0.4, 0.5) is 0 Å². The monoisotopic (exact) mass is 726 g/mol. The second kappa shape index (κ2) is 13.5. The maximum atomic E-state index is 5.18. The normalized spacial score (nSPS) is 14.9. The molecule has 0 radical (unpaired) electrons. The van der Waals surface area contributed by atoms with Crippen molar-refractivity contribution in [1.29, 1.82) is 0 Å². The van der Waals surface area contributed by atoms with Crippen LogP contribution in [0.15, 0.2) is 176 Å². The molecule has 8 aromatic carbocycles. The zero-order chi connectivity index (χ0) is 37.9. The van der Waals surface area contributed by atoms with Gasteiger partial charge in [0, 0.05) is 28.8 Å². The summed E-state index contributed by atoms with van der Waals surface area (Å²) in [7, 11) is 0. The van der Waals surface area contributed by atoms with E-state index in [4.69, 9.17) is 4.98 Å². The van der Waals surface area contributed by atoms with E-state index in [1.807, 2.05) is 0 Å². The Hall–Kier alpha value is -7.21. The van der Waals surface area contributed by atoms with Crippen molar-refractivity contribution in [2.24, 2.45) is 5.92 Å². The Kier molecular flexibility index (Phi) is 7.86. The van der Waals surface area contributed by atoms with Crippen LogP contribution in [0.5, 0.6) is 0 Å². The average Bonchev–Trinajstić information content (AvgIpc) is 3.52. The Morgan fingerprint density at radius 1 is 0.596 bits per heavy atom. The fraction of sp³-hybridized carbons (Fsp3) is 0.0727. The molecule has 268 valence electrons. The van der Waals surface area contributed by atoms with E-state index in [1.54, 1.807) is 0 Å². The van der Waals surface area contributed by atoms with Crippen LogP contribution in [0, 0.1) is 17.8 Å². The van der Waals surface area contributed by atoms with E-state index in [0.717, 1.165) is 34.4 Å². The number of imidazole rings is 1. The van der Waals surface area contributed by atoms with Gasteiger partial charge < -0.3 is 0 Å². The Morgan fingerprint density at radius 3 is 1.91 bits per heavy atom. The molecule has 0 aliphatic heterocycles. The lowest BCUT2D eigenvalue weighted by atomic mass is 9.82. The zero-order valence-corrected chi connectivity index (χ0v) is 31.7. The van der Waals surface area contributed by atoms with Gasteiger partial charge in [-0.2, -0.15) is 0 Å². The van der Waals surface area contributed by atoms with E-state index in [-0.39, 0.29) is 0 Å². The van der Waals surface area contributed by atoms with E-state index in [9.17, 15) is 0 Å². The van der Waals surface area contributed by atoms with Crippen molar-refractivity contribution in [2.75, 3.05) is 0 Å². The molecule has 0 saturated carbocycles. The number of fused-ring (bicyclic) bond motifs is 5. The van der Waals surface area contributed by atoms with E-state index in [0.29, 0.717) is 12.3 Å². The minimum atomic E-state index is 0.478. The summed E-state index contributed by atoms with van der Waals surface area (Å²) in [6.45, 7) is 2.28. The molecule has 0 fully saturated rings. The van der Waals surface area contributed by atoms with Gasteiger partial charge in [-0.1, -0.05) is 164 Å². The predicted octanol–water partition coefficient (Wildman–Crippen LogP) is 14.2. The molecule has 2 nitrogen and oxygen atoms in total. The van der Waals surface area contributed by atoms with E-state index in [1.165, 1.54) is 77.0 Å². The third-order valence-corrected chi connectivity index (χ3v) is 11.8. The van der Waals surface area contributed by atoms with Crippen molar-refractivity contribution >= 4 is 60.7 Å². The van der Waals surface area contributed by atoms with Crippen LogP contribution in [0.25, 0.3) is 94.3 Å². The first-order valence-corrected chi connectivity index (χ1v) is 19.9. The summed E-state index contributed by atoms with van der Waals surface area (Å²) in [6.07, 6.45) is 10.7. The van der Waals surface area contributed by atoms with Gasteiger partial charge in [0.05, 0.1) is 11.0 Å². The highest BCUT2D eigenvalue weighted by Gasteiger charge is 2.23. The fourth-order valence-corrected chi connectivity index (χ4v) is 9.00. The van der Waals surface area contributed by atoms with Crippen molar-refractivity contribution in [3.63, 3.8) is 0 Å². The van der Waals surface area contributed by atoms with Crippen molar-refractivity contribution < 1.29 is 0 Å². The van der Waals surface area contributed by atoms with Crippen molar-refractivity contribution in [3.8, 4) is 45.5 Å². The summed E-state index contributed by atoms with van der Waals surface area (Å²) >= 11 is 0. The quantitative estimate of drug-likeness (QED) is 0.162. The number of benzene rings is 8. The highest BCUT2D eigenvalue weighted by Crippen LogP contribution is 2.45. The van der Waals surface area contributed by atoms with Gasteiger partial charge in [0.15, 0.2) is 0 Å². The first kappa shape index (κ1) is 33.2. The Bertz CT molecular complexity index is 3250. The Balaban J connectivity index is 1.11. The molecular weight excluding hydrogens is 689 g/mol. The van der Waals surface area contributed by atoms with E-state index in [2.05, 4.69) is 205 Å². The molecule has 0 spiro atoms. The molecule has 11 rings (SSSR count). The van der Waals surface area contributed by atoms with Gasteiger partial charge in [-0.05, 0) is 114 Å². The lowest BCUT2D eigenvalue weighted by Crippen LogP contribution is -2.06. The lowest BCUT2D eigenvalue weighted by Gasteiger charge is -2.20. The molecule has 0 amide bonds. The van der Waals surface area contributed by atoms with Gasteiger partial charge >= 0.3 is 0 Å². The number of rotatable bonds is 5. The van der Waals surface area contributed by atoms with Gasteiger partial charge in [-0.3, -0.25) is 4.57 Å². The summed E-state index contributed by atoms with van der Waals surface area (Å²) < 4.78 is 2.35. The second-order valence-electron chi connectivity index (χ2n) is 15.4. The third-order valence-electron chi connectivity index (χ3n) is 11.8. The Morgan fingerprint density at radius 2 is 1.19 bits per heavy atom. The van der Waals surface area contributed by atoms with Crippen LogP contribution >= 0.6 is 0 Å². The van der Waals surface area contributed by atoms with Gasteiger partial charge in [0.1, 0.15) is 5.82 Å². The van der Waals surface area contributed by atoms with Crippen LogP contribution in [-0.2, 0) is 0 Å². The largest absolute Gasteiger partial charge is 0.296 e. The van der Waals surface area contributed by atoms with Gasteiger partial charge in [-0.15, -0.1) is 0 Å². The molecule has 9 aromatic rings.